The number of Topliss-reactive ketones (excluding diaryl/α,β-unsaturated/α-hetero) is 1. The second kappa shape index (κ2) is 10.4. The zero-order chi connectivity index (χ0) is 22.6. The largest absolute Gasteiger partial charge is 0.340 e. The molecule has 0 saturated carbocycles. The Morgan fingerprint density at radius 1 is 0.909 bits per heavy atom. The van der Waals surface area contributed by atoms with E-state index in [1.807, 2.05) is 42.1 Å². The van der Waals surface area contributed by atoms with E-state index in [0.29, 0.717) is 5.78 Å². The molecule has 0 N–H and O–H groups in total. The number of hydrogen-bond donors (Lipinski definition) is 0. The molecule has 0 spiro atoms. The number of fused-ring (bicyclic) bond motifs is 2. The van der Waals surface area contributed by atoms with Gasteiger partial charge in [0.1, 0.15) is 0 Å². The van der Waals surface area contributed by atoms with Gasteiger partial charge in [0, 0.05) is 32.7 Å². The molecule has 1 saturated heterocycles. The van der Waals surface area contributed by atoms with Gasteiger partial charge in [-0.05, 0) is 75.5 Å². The van der Waals surface area contributed by atoms with E-state index in [2.05, 4.69) is 58.5 Å². The van der Waals surface area contributed by atoms with Gasteiger partial charge < -0.3 is 9.80 Å². The van der Waals surface area contributed by atoms with Crippen molar-refractivity contribution in [2.45, 2.75) is 33.9 Å². The Hall–Kier alpha value is -2.21. The Labute approximate surface area is 205 Å². The molecule has 2 aliphatic rings. The average Bonchev–Trinajstić information content (AvgIpc) is 2.88. The highest BCUT2D eigenvalue weighted by Crippen LogP contribution is 2.48. The number of rotatable bonds is 7. The van der Waals surface area contributed by atoms with Crippen molar-refractivity contribution in [3.8, 4) is 0 Å². The third-order valence-electron chi connectivity index (χ3n) is 6.71. The number of nitrogens with zero attached hydrogens (tertiary/aromatic N) is 2. The Balaban J connectivity index is 1.20. The summed E-state index contributed by atoms with van der Waals surface area (Å²) in [6.07, 6.45) is 5.19. The molecule has 3 aromatic rings. The van der Waals surface area contributed by atoms with Crippen molar-refractivity contribution in [1.82, 2.24) is 4.90 Å². The van der Waals surface area contributed by atoms with Gasteiger partial charge in [-0.25, -0.2) is 0 Å². The Morgan fingerprint density at radius 2 is 1.64 bits per heavy atom. The summed E-state index contributed by atoms with van der Waals surface area (Å²) in [6, 6.07) is 25.4. The van der Waals surface area contributed by atoms with Crippen LogP contribution >= 0.6 is 23.5 Å². The third-order valence-corrected chi connectivity index (χ3v) is 8.56. The minimum absolute atomic E-state index is 0.173. The molecule has 33 heavy (non-hydrogen) atoms. The minimum atomic E-state index is 0.173. The quantitative estimate of drug-likeness (QED) is 0.271. The fraction of sp³-hybridized carbons (Fsp3) is 0.321. The van der Waals surface area contributed by atoms with Gasteiger partial charge in [0.2, 0.25) is 0 Å². The van der Waals surface area contributed by atoms with Crippen LogP contribution in [-0.4, -0.2) is 43.1 Å². The molecule has 2 heterocycles. The number of likely N-dealkylation sites (tertiary alicyclic amines) is 1. The zero-order valence-electron chi connectivity index (χ0n) is 19.1. The van der Waals surface area contributed by atoms with Crippen molar-refractivity contribution >= 4 is 40.7 Å². The molecular weight excluding hydrogens is 444 g/mol. The van der Waals surface area contributed by atoms with Crippen molar-refractivity contribution in [3.63, 3.8) is 0 Å². The maximum absolute atomic E-state index is 12.8. The van der Waals surface area contributed by atoms with Gasteiger partial charge in [0.25, 0.3) is 0 Å². The summed E-state index contributed by atoms with van der Waals surface area (Å²) in [5, 5.41) is 0. The summed E-state index contributed by atoms with van der Waals surface area (Å²) in [4.78, 5) is 21.8. The lowest BCUT2D eigenvalue weighted by Crippen LogP contribution is -2.38. The number of hydrogen-bond acceptors (Lipinski definition) is 5. The summed E-state index contributed by atoms with van der Waals surface area (Å²) >= 11 is 3.68. The molecule has 0 aromatic heterocycles. The van der Waals surface area contributed by atoms with Crippen molar-refractivity contribution in [3.05, 3.63) is 78.4 Å². The highest BCUT2D eigenvalue weighted by molar-refractivity contribution is 8.00. The molecule has 170 valence electrons. The number of piperidine rings is 1. The predicted molar refractivity (Wildman–Crippen MR) is 140 cm³/mol. The number of ketones is 1. The van der Waals surface area contributed by atoms with E-state index >= 15 is 0 Å². The second-order valence-corrected chi connectivity index (χ2v) is 10.7. The maximum Gasteiger partial charge on any atom is 0.166 e. The molecule has 5 rings (SSSR count). The van der Waals surface area contributed by atoms with Crippen molar-refractivity contribution in [1.29, 1.82) is 0 Å². The first-order valence-corrected chi connectivity index (χ1v) is 13.8. The SMILES string of the molecule is CSc1ccc2c(c1)N(CCCN1CCC(C(=O)c3ccccc3)CC1)c1ccccc1S2. The molecule has 0 atom stereocenters. The lowest BCUT2D eigenvalue weighted by molar-refractivity contribution is 0.0840. The van der Waals surface area contributed by atoms with Gasteiger partial charge >= 0.3 is 0 Å². The molecular formula is C28H30N2OS2. The normalized spacial score (nSPS) is 16.3. The molecule has 0 radical (unpaired) electrons. The van der Waals surface area contributed by atoms with Gasteiger partial charge in [-0.1, -0.05) is 54.2 Å². The van der Waals surface area contributed by atoms with Gasteiger partial charge in [0.15, 0.2) is 5.78 Å². The number of carbonyl (C=O) groups is 1. The molecule has 0 bridgehead atoms. The number of para-hydroxylation sites is 1. The van der Waals surface area contributed by atoms with E-state index in [-0.39, 0.29) is 5.92 Å². The van der Waals surface area contributed by atoms with Crippen LogP contribution < -0.4 is 4.90 Å². The maximum atomic E-state index is 12.8. The first-order valence-electron chi connectivity index (χ1n) is 11.8. The summed E-state index contributed by atoms with van der Waals surface area (Å²) < 4.78 is 0. The summed E-state index contributed by atoms with van der Waals surface area (Å²) in [5.74, 6) is 0.491. The Bertz CT molecular complexity index is 1110. The number of benzene rings is 3. The summed E-state index contributed by atoms with van der Waals surface area (Å²) in [6.45, 7) is 4.12. The first-order chi connectivity index (χ1) is 16.2. The van der Waals surface area contributed by atoms with E-state index in [9.17, 15) is 4.79 Å². The van der Waals surface area contributed by atoms with Crippen molar-refractivity contribution in [2.75, 3.05) is 37.3 Å². The molecule has 2 aliphatic heterocycles. The van der Waals surface area contributed by atoms with E-state index in [4.69, 9.17) is 0 Å². The Kier molecular flexibility index (Phi) is 7.10. The van der Waals surface area contributed by atoms with Crippen LogP contribution in [0.1, 0.15) is 29.6 Å². The van der Waals surface area contributed by atoms with Crippen LogP contribution in [0.15, 0.2) is 87.5 Å². The van der Waals surface area contributed by atoms with Crippen LogP contribution in [0.25, 0.3) is 0 Å². The summed E-state index contributed by atoms with van der Waals surface area (Å²) in [5.41, 5.74) is 3.51. The van der Waals surface area contributed by atoms with E-state index in [1.165, 1.54) is 26.1 Å². The number of carbonyl (C=O) groups excluding carboxylic acids is 1. The van der Waals surface area contributed by atoms with Crippen LogP contribution in [0, 0.1) is 5.92 Å². The van der Waals surface area contributed by atoms with Crippen LogP contribution in [0.3, 0.4) is 0 Å². The van der Waals surface area contributed by atoms with Gasteiger partial charge in [0.05, 0.1) is 11.4 Å². The van der Waals surface area contributed by atoms with E-state index in [1.54, 1.807) is 11.8 Å². The topological polar surface area (TPSA) is 23.6 Å². The van der Waals surface area contributed by atoms with Crippen molar-refractivity contribution in [2.24, 2.45) is 5.92 Å². The number of anilines is 2. The zero-order valence-corrected chi connectivity index (χ0v) is 20.7. The van der Waals surface area contributed by atoms with Gasteiger partial charge in [-0.3, -0.25) is 4.79 Å². The highest BCUT2D eigenvalue weighted by atomic mass is 32.2. The highest BCUT2D eigenvalue weighted by Gasteiger charge is 2.27. The lowest BCUT2D eigenvalue weighted by Gasteiger charge is -2.35. The molecule has 3 aromatic carbocycles. The number of thioether (sulfide) groups is 1. The monoisotopic (exact) mass is 474 g/mol. The molecule has 3 nitrogen and oxygen atoms in total. The van der Waals surface area contributed by atoms with Crippen LogP contribution in [0.4, 0.5) is 11.4 Å². The van der Waals surface area contributed by atoms with Crippen LogP contribution in [-0.2, 0) is 0 Å². The van der Waals surface area contributed by atoms with Crippen LogP contribution in [0.5, 0.6) is 0 Å². The Morgan fingerprint density at radius 3 is 2.42 bits per heavy atom. The lowest BCUT2D eigenvalue weighted by atomic mass is 9.89. The smallest absolute Gasteiger partial charge is 0.166 e. The molecule has 0 unspecified atom stereocenters. The molecule has 0 aliphatic carbocycles. The molecule has 1 fully saturated rings. The third kappa shape index (κ3) is 5.01. The first kappa shape index (κ1) is 22.6. The van der Waals surface area contributed by atoms with Crippen LogP contribution in [0.2, 0.25) is 0 Å². The predicted octanol–water partition coefficient (Wildman–Crippen LogP) is 7.00. The standard InChI is InChI=1S/C28H30N2OS2/c1-32-23-12-13-27-25(20-23)30(24-10-5-6-11-26(24)33-27)17-7-16-29-18-14-22(15-19-29)28(31)21-8-3-2-4-9-21/h2-6,8-13,20,22H,7,14-19H2,1H3. The van der Waals surface area contributed by atoms with Gasteiger partial charge in [-0.15, -0.1) is 11.8 Å². The summed E-state index contributed by atoms with van der Waals surface area (Å²) in [7, 11) is 0. The fourth-order valence-electron chi connectivity index (χ4n) is 4.89. The molecule has 0 amide bonds. The average molecular weight is 475 g/mol. The van der Waals surface area contributed by atoms with E-state index in [0.717, 1.165) is 51.0 Å². The fourth-order valence-corrected chi connectivity index (χ4v) is 6.40. The second-order valence-electron chi connectivity index (χ2n) is 8.75. The van der Waals surface area contributed by atoms with E-state index < -0.39 is 0 Å². The molecule has 5 heteroatoms. The van der Waals surface area contributed by atoms with Crippen molar-refractivity contribution < 1.29 is 4.79 Å². The van der Waals surface area contributed by atoms with Gasteiger partial charge in [-0.2, -0.15) is 0 Å². The minimum Gasteiger partial charge on any atom is -0.340 e.